The molecule has 1 heterocycles. The number of quaternary nitrogens is 1. The van der Waals surface area contributed by atoms with Gasteiger partial charge in [-0.1, -0.05) is 31.3 Å². The van der Waals surface area contributed by atoms with E-state index in [-0.39, 0.29) is 0 Å². The smallest absolute Gasteiger partial charge is 0.198 e. The van der Waals surface area contributed by atoms with E-state index in [0.717, 1.165) is 18.8 Å². The molecule has 3 heteroatoms. The Bertz CT molecular complexity index is 175. The second-order valence-corrected chi connectivity index (χ2v) is 2.91. The molecule has 0 aromatic rings. The SMILES string of the molecule is CCCCCCOC1=C[NH2+]N=C1. The number of nitrogens with zero attached hydrogens (tertiary/aromatic N) is 1. The summed E-state index contributed by atoms with van der Waals surface area (Å²) in [7, 11) is 0. The van der Waals surface area contributed by atoms with Crippen LogP contribution in [0.4, 0.5) is 0 Å². The normalized spacial score (nSPS) is 14.9. The molecule has 0 unspecified atom stereocenters. The second kappa shape index (κ2) is 5.77. The fourth-order valence-electron chi connectivity index (χ4n) is 1.08. The zero-order valence-electron chi connectivity index (χ0n) is 7.62. The second-order valence-electron chi connectivity index (χ2n) is 2.91. The lowest BCUT2D eigenvalue weighted by atomic mass is 10.2. The number of allylic oxidation sites excluding steroid dienone is 1. The van der Waals surface area contributed by atoms with Gasteiger partial charge in [-0.25, -0.2) is 0 Å². The summed E-state index contributed by atoms with van der Waals surface area (Å²) in [6, 6.07) is 0. The summed E-state index contributed by atoms with van der Waals surface area (Å²) in [5.74, 6) is 0.895. The minimum absolute atomic E-state index is 0.825. The Morgan fingerprint density at radius 3 is 3.00 bits per heavy atom. The van der Waals surface area contributed by atoms with Gasteiger partial charge in [-0.05, 0) is 6.42 Å². The van der Waals surface area contributed by atoms with Gasteiger partial charge in [0.15, 0.2) is 12.0 Å². The molecule has 0 amide bonds. The summed E-state index contributed by atoms with van der Waals surface area (Å²) < 4.78 is 5.43. The van der Waals surface area contributed by atoms with Gasteiger partial charge in [-0.15, -0.1) is 0 Å². The topological polar surface area (TPSA) is 38.2 Å². The van der Waals surface area contributed by atoms with Crippen LogP contribution in [0.5, 0.6) is 0 Å². The summed E-state index contributed by atoms with van der Waals surface area (Å²) >= 11 is 0. The van der Waals surface area contributed by atoms with E-state index in [9.17, 15) is 0 Å². The van der Waals surface area contributed by atoms with E-state index in [0.29, 0.717) is 0 Å². The molecule has 0 saturated heterocycles. The van der Waals surface area contributed by atoms with Crippen molar-refractivity contribution < 1.29 is 10.2 Å². The van der Waals surface area contributed by atoms with Crippen molar-refractivity contribution in [3.05, 3.63) is 12.0 Å². The summed E-state index contributed by atoms with van der Waals surface area (Å²) in [6.45, 7) is 3.04. The van der Waals surface area contributed by atoms with Gasteiger partial charge in [0.25, 0.3) is 0 Å². The van der Waals surface area contributed by atoms with E-state index in [1.165, 1.54) is 19.3 Å². The molecular formula is C9H17N2O+. The van der Waals surface area contributed by atoms with E-state index in [2.05, 4.69) is 12.0 Å². The summed E-state index contributed by atoms with van der Waals surface area (Å²) in [5, 5.41) is 3.91. The molecule has 12 heavy (non-hydrogen) atoms. The largest absolute Gasteiger partial charge is 0.487 e. The third kappa shape index (κ3) is 3.53. The molecular weight excluding hydrogens is 152 g/mol. The highest BCUT2D eigenvalue weighted by Gasteiger charge is 2.01. The molecule has 0 aromatic carbocycles. The highest BCUT2D eigenvalue weighted by Crippen LogP contribution is 2.01. The molecule has 0 fully saturated rings. The summed E-state index contributed by atoms with van der Waals surface area (Å²) in [5.41, 5.74) is 1.75. The Hall–Kier alpha value is -0.830. The van der Waals surface area contributed by atoms with Gasteiger partial charge in [-0.3, -0.25) is 0 Å². The highest BCUT2D eigenvalue weighted by molar-refractivity contribution is 5.75. The number of nitrogens with two attached hydrogens (primary N) is 1. The lowest BCUT2D eigenvalue weighted by Crippen LogP contribution is -2.69. The van der Waals surface area contributed by atoms with Gasteiger partial charge in [0.1, 0.15) is 6.21 Å². The van der Waals surface area contributed by atoms with Crippen LogP contribution >= 0.6 is 0 Å². The molecule has 2 N–H and O–H groups in total. The quantitative estimate of drug-likeness (QED) is 0.467. The van der Waals surface area contributed by atoms with Crippen LogP contribution in [-0.2, 0) is 4.74 Å². The number of hydrogen-bond donors (Lipinski definition) is 1. The average molecular weight is 169 g/mol. The fourth-order valence-corrected chi connectivity index (χ4v) is 1.08. The van der Waals surface area contributed by atoms with E-state index in [1.807, 2.05) is 6.20 Å². The van der Waals surface area contributed by atoms with Gasteiger partial charge in [0.05, 0.1) is 6.61 Å². The number of ether oxygens (including phenoxy) is 1. The molecule has 1 aliphatic heterocycles. The Kier molecular flexibility index (Phi) is 4.46. The van der Waals surface area contributed by atoms with Crippen LogP contribution in [0.15, 0.2) is 17.1 Å². The van der Waals surface area contributed by atoms with Gasteiger partial charge in [0.2, 0.25) is 0 Å². The Labute approximate surface area is 73.5 Å². The summed E-state index contributed by atoms with van der Waals surface area (Å²) in [4.78, 5) is 0. The van der Waals surface area contributed by atoms with Crippen molar-refractivity contribution in [1.29, 1.82) is 0 Å². The highest BCUT2D eigenvalue weighted by atomic mass is 16.5. The molecule has 0 aliphatic carbocycles. The van der Waals surface area contributed by atoms with Gasteiger partial charge in [0, 0.05) is 0 Å². The first-order chi connectivity index (χ1) is 5.93. The maximum atomic E-state index is 5.43. The van der Waals surface area contributed by atoms with Crippen molar-refractivity contribution in [2.24, 2.45) is 5.10 Å². The van der Waals surface area contributed by atoms with E-state index in [1.54, 1.807) is 11.6 Å². The Balaban J connectivity index is 1.92. The first-order valence-corrected chi connectivity index (χ1v) is 4.63. The van der Waals surface area contributed by atoms with Crippen LogP contribution in [0.3, 0.4) is 0 Å². The first kappa shape index (κ1) is 9.26. The number of unbranched alkanes of at least 4 members (excludes halogenated alkanes) is 3. The van der Waals surface area contributed by atoms with Crippen molar-refractivity contribution in [3.63, 3.8) is 0 Å². The molecule has 0 radical (unpaired) electrons. The van der Waals surface area contributed by atoms with Crippen molar-refractivity contribution in [1.82, 2.24) is 0 Å². The predicted octanol–water partition coefficient (Wildman–Crippen LogP) is 0.988. The van der Waals surface area contributed by atoms with Crippen LogP contribution in [0.2, 0.25) is 0 Å². The van der Waals surface area contributed by atoms with Crippen LogP contribution in [0, 0.1) is 0 Å². The zero-order chi connectivity index (χ0) is 8.65. The monoisotopic (exact) mass is 169 g/mol. The lowest BCUT2D eigenvalue weighted by molar-refractivity contribution is -0.590. The summed E-state index contributed by atoms with van der Waals surface area (Å²) in [6.07, 6.45) is 8.64. The van der Waals surface area contributed by atoms with Gasteiger partial charge >= 0.3 is 0 Å². The van der Waals surface area contributed by atoms with E-state index >= 15 is 0 Å². The molecule has 1 aliphatic rings. The standard InChI is InChI=1S/C9H16N2O/c1-2-3-4-5-6-12-9-7-10-11-8-9/h7-8H,2-6H2,1H3,(H,10,11)/p+1. The van der Waals surface area contributed by atoms with Crippen LogP contribution in [0.25, 0.3) is 0 Å². The Morgan fingerprint density at radius 1 is 1.42 bits per heavy atom. The van der Waals surface area contributed by atoms with Crippen molar-refractivity contribution in [2.45, 2.75) is 32.6 Å². The zero-order valence-corrected chi connectivity index (χ0v) is 7.62. The Morgan fingerprint density at radius 2 is 2.33 bits per heavy atom. The minimum atomic E-state index is 0.825. The maximum Gasteiger partial charge on any atom is 0.198 e. The molecule has 0 aromatic heterocycles. The lowest BCUT2D eigenvalue weighted by Gasteiger charge is -2.01. The fraction of sp³-hybridized carbons (Fsp3) is 0.667. The van der Waals surface area contributed by atoms with Crippen LogP contribution < -0.4 is 5.43 Å². The minimum Gasteiger partial charge on any atom is -0.487 e. The first-order valence-electron chi connectivity index (χ1n) is 4.63. The molecule has 0 spiro atoms. The maximum absolute atomic E-state index is 5.43. The predicted molar refractivity (Wildman–Crippen MR) is 48.6 cm³/mol. The van der Waals surface area contributed by atoms with Gasteiger partial charge in [-0.2, -0.15) is 5.43 Å². The van der Waals surface area contributed by atoms with Crippen molar-refractivity contribution in [2.75, 3.05) is 6.61 Å². The van der Waals surface area contributed by atoms with Crippen molar-refractivity contribution >= 4 is 6.21 Å². The molecule has 0 saturated carbocycles. The molecule has 68 valence electrons. The molecule has 0 atom stereocenters. The van der Waals surface area contributed by atoms with Crippen LogP contribution in [0.1, 0.15) is 32.6 Å². The van der Waals surface area contributed by atoms with E-state index < -0.39 is 0 Å². The van der Waals surface area contributed by atoms with Crippen LogP contribution in [-0.4, -0.2) is 12.8 Å². The molecule has 0 bridgehead atoms. The van der Waals surface area contributed by atoms with Crippen molar-refractivity contribution in [3.8, 4) is 0 Å². The third-order valence-electron chi connectivity index (χ3n) is 1.79. The average Bonchev–Trinajstić information content (AvgIpc) is 2.57. The molecule has 1 rings (SSSR count). The molecule has 3 nitrogen and oxygen atoms in total. The van der Waals surface area contributed by atoms with Gasteiger partial charge < -0.3 is 4.74 Å². The number of hydrogen-bond acceptors (Lipinski definition) is 2. The third-order valence-corrected chi connectivity index (χ3v) is 1.79. The number of rotatable bonds is 6. The van der Waals surface area contributed by atoms with E-state index in [4.69, 9.17) is 4.74 Å².